The van der Waals surface area contributed by atoms with E-state index in [9.17, 15) is 9.90 Å². The van der Waals surface area contributed by atoms with Gasteiger partial charge in [0, 0.05) is 28.6 Å². The van der Waals surface area contributed by atoms with E-state index in [1.54, 1.807) is 0 Å². The Morgan fingerprint density at radius 2 is 1.43 bits per heavy atom. The first-order valence-corrected chi connectivity index (χ1v) is 8.18. The number of hydrogen-bond donors (Lipinski definition) is 2. The molecule has 0 saturated carbocycles. The molecule has 0 spiro atoms. The van der Waals surface area contributed by atoms with Crippen LogP contribution in [0, 0.1) is 0 Å². The summed E-state index contributed by atoms with van der Waals surface area (Å²) in [7, 11) is 0. The average Bonchev–Trinajstić information content (AvgIpc) is 2.57. The van der Waals surface area contributed by atoms with Crippen LogP contribution in [0.15, 0.2) is 48.5 Å². The predicted octanol–water partition coefficient (Wildman–Crippen LogP) is 3.80. The van der Waals surface area contributed by atoms with Crippen LogP contribution < -0.4 is 5.32 Å². The molecule has 2 N–H and O–H groups in total. The molecule has 0 aliphatic heterocycles. The molecular formula is C18H19Cl2NO2. The Morgan fingerprint density at radius 3 is 1.83 bits per heavy atom. The van der Waals surface area contributed by atoms with Crippen LogP contribution in [0.25, 0.3) is 0 Å². The SMILES string of the molecule is O=CNCC(CCCO)(c1ccc(Cl)cc1)c1ccc(Cl)cc1. The standard InChI is InChI=1S/C18H19Cl2NO2/c19-16-6-2-14(3-7-16)18(10-1-11-22,12-21-13-23)15-4-8-17(20)9-5-15/h2-9,13,22H,1,10-12H2,(H,21,23). The molecule has 0 fully saturated rings. The van der Waals surface area contributed by atoms with Gasteiger partial charge in [-0.25, -0.2) is 0 Å². The number of aliphatic hydroxyl groups excluding tert-OH is 1. The zero-order valence-electron chi connectivity index (χ0n) is 12.6. The smallest absolute Gasteiger partial charge is 0.207 e. The molecule has 0 aromatic heterocycles. The summed E-state index contributed by atoms with van der Waals surface area (Å²) < 4.78 is 0. The second-order valence-corrected chi connectivity index (χ2v) is 6.29. The summed E-state index contributed by atoms with van der Waals surface area (Å²) in [5, 5.41) is 13.4. The largest absolute Gasteiger partial charge is 0.396 e. The van der Waals surface area contributed by atoms with Crippen molar-refractivity contribution in [3.63, 3.8) is 0 Å². The van der Waals surface area contributed by atoms with Gasteiger partial charge in [-0.15, -0.1) is 0 Å². The van der Waals surface area contributed by atoms with Crippen LogP contribution in [0.1, 0.15) is 24.0 Å². The number of amides is 1. The number of rotatable bonds is 8. The highest BCUT2D eigenvalue weighted by molar-refractivity contribution is 6.30. The maximum Gasteiger partial charge on any atom is 0.207 e. The molecule has 122 valence electrons. The highest BCUT2D eigenvalue weighted by Crippen LogP contribution is 2.37. The fourth-order valence-electron chi connectivity index (χ4n) is 2.88. The summed E-state index contributed by atoms with van der Waals surface area (Å²) in [6.45, 7) is 0.518. The molecule has 0 radical (unpaired) electrons. The minimum absolute atomic E-state index is 0.0873. The fourth-order valence-corrected chi connectivity index (χ4v) is 3.13. The number of hydrogen-bond acceptors (Lipinski definition) is 2. The lowest BCUT2D eigenvalue weighted by atomic mass is 9.71. The van der Waals surface area contributed by atoms with E-state index >= 15 is 0 Å². The Hall–Kier alpha value is -1.55. The molecule has 0 heterocycles. The van der Waals surface area contributed by atoms with Crippen molar-refractivity contribution < 1.29 is 9.90 Å². The van der Waals surface area contributed by atoms with Crippen LogP contribution in [-0.4, -0.2) is 24.7 Å². The van der Waals surface area contributed by atoms with Crippen LogP contribution in [0.3, 0.4) is 0 Å². The van der Waals surface area contributed by atoms with Gasteiger partial charge in [0.05, 0.1) is 0 Å². The van der Waals surface area contributed by atoms with Gasteiger partial charge in [-0.3, -0.25) is 4.79 Å². The molecule has 0 saturated heterocycles. The highest BCUT2D eigenvalue weighted by atomic mass is 35.5. The minimum atomic E-state index is -0.446. The lowest BCUT2D eigenvalue weighted by Gasteiger charge is -2.35. The first kappa shape index (κ1) is 17.8. The van der Waals surface area contributed by atoms with Crippen LogP contribution in [0.5, 0.6) is 0 Å². The van der Waals surface area contributed by atoms with Crippen LogP contribution >= 0.6 is 23.2 Å². The normalized spacial score (nSPS) is 11.3. The van der Waals surface area contributed by atoms with Crippen molar-refractivity contribution in [2.75, 3.05) is 13.2 Å². The molecule has 1 amide bonds. The molecule has 23 heavy (non-hydrogen) atoms. The Kier molecular flexibility index (Phi) is 6.46. The zero-order chi connectivity index (χ0) is 16.7. The molecule has 5 heteroatoms. The maximum atomic E-state index is 10.9. The van der Waals surface area contributed by atoms with Crippen molar-refractivity contribution in [3.8, 4) is 0 Å². The molecule has 2 rings (SSSR count). The van der Waals surface area contributed by atoms with Crippen molar-refractivity contribution in [3.05, 3.63) is 69.7 Å². The molecular weight excluding hydrogens is 333 g/mol. The van der Waals surface area contributed by atoms with Crippen molar-refractivity contribution >= 4 is 29.6 Å². The lowest BCUT2D eigenvalue weighted by molar-refractivity contribution is -0.109. The van der Waals surface area contributed by atoms with Gasteiger partial charge in [0.25, 0.3) is 0 Å². The average molecular weight is 352 g/mol. The second kappa shape index (κ2) is 8.34. The molecule has 0 aliphatic rings. The van der Waals surface area contributed by atoms with Gasteiger partial charge in [0.2, 0.25) is 6.41 Å². The van der Waals surface area contributed by atoms with Crippen LogP contribution in [-0.2, 0) is 10.2 Å². The van der Waals surface area contributed by atoms with Gasteiger partial charge in [-0.05, 0) is 48.2 Å². The number of benzene rings is 2. The minimum Gasteiger partial charge on any atom is -0.396 e. The molecule has 0 bridgehead atoms. The van der Waals surface area contributed by atoms with Crippen molar-refractivity contribution in [1.29, 1.82) is 0 Å². The summed E-state index contributed by atoms with van der Waals surface area (Å²) >= 11 is 12.0. The van der Waals surface area contributed by atoms with Crippen molar-refractivity contribution in [1.82, 2.24) is 5.32 Å². The number of carbonyl (C=O) groups is 1. The summed E-state index contributed by atoms with van der Waals surface area (Å²) in [6, 6.07) is 15.2. The topological polar surface area (TPSA) is 49.3 Å². The van der Waals surface area contributed by atoms with Crippen molar-refractivity contribution in [2.45, 2.75) is 18.3 Å². The summed E-state index contributed by atoms with van der Waals surface area (Å²) in [5.41, 5.74) is 1.62. The molecule has 0 aliphatic carbocycles. The molecule has 0 unspecified atom stereocenters. The monoisotopic (exact) mass is 351 g/mol. The highest BCUT2D eigenvalue weighted by Gasteiger charge is 2.33. The zero-order valence-corrected chi connectivity index (χ0v) is 14.1. The molecule has 2 aromatic carbocycles. The number of halogens is 2. The molecule has 2 aromatic rings. The Balaban J connectivity index is 2.54. The van der Waals surface area contributed by atoms with Gasteiger partial charge >= 0.3 is 0 Å². The van der Waals surface area contributed by atoms with E-state index in [1.807, 2.05) is 48.5 Å². The van der Waals surface area contributed by atoms with E-state index in [1.165, 1.54) is 0 Å². The van der Waals surface area contributed by atoms with E-state index in [2.05, 4.69) is 5.32 Å². The van der Waals surface area contributed by atoms with Gasteiger partial charge < -0.3 is 10.4 Å². The first-order valence-electron chi connectivity index (χ1n) is 7.42. The lowest BCUT2D eigenvalue weighted by Crippen LogP contribution is -2.39. The quantitative estimate of drug-likeness (QED) is 0.710. The number of carbonyl (C=O) groups excluding carboxylic acids is 1. The third-order valence-electron chi connectivity index (χ3n) is 4.04. The van der Waals surface area contributed by atoms with E-state index in [0.717, 1.165) is 11.1 Å². The van der Waals surface area contributed by atoms with Crippen LogP contribution in [0.2, 0.25) is 10.0 Å². The molecule has 3 nitrogen and oxygen atoms in total. The maximum absolute atomic E-state index is 10.9. The molecule has 0 atom stereocenters. The summed E-state index contributed by atoms with van der Waals surface area (Å²) in [6.07, 6.45) is 2.00. The van der Waals surface area contributed by atoms with Crippen molar-refractivity contribution in [2.24, 2.45) is 0 Å². The fraction of sp³-hybridized carbons (Fsp3) is 0.278. The van der Waals surface area contributed by atoms with Gasteiger partial charge in [0.15, 0.2) is 0 Å². The Labute approximate surface area is 146 Å². The second-order valence-electron chi connectivity index (χ2n) is 5.42. The summed E-state index contributed by atoms with van der Waals surface area (Å²) in [4.78, 5) is 10.9. The third-order valence-corrected chi connectivity index (χ3v) is 4.55. The van der Waals surface area contributed by atoms with Gasteiger partial charge in [-0.2, -0.15) is 0 Å². The number of aliphatic hydroxyl groups is 1. The van der Waals surface area contributed by atoms with Crippen LogP contribution in [0.4, 0.5) is 0 Å². The van der Waals surface area contributed by atoms with Gasteiger partial charge in [-0.1, -0.05) is 47.5 Å². The Morgan fingerprint density at radius 1 is 0.957 bits per heavy atom. The predicted molar refractivity (Wildman–Crippen MR) is 94.1 cm³/mol. The summed E-state index contributed by atoms with van der Waals surface area (Å²) in [5.74, 6) is 0. The third kappa shape index (κ3) is 4.25. The Bertz CT molecular complexity index is 581. The van der Waals surface area contributed by atoms with E-state index in [-0.39, 0.29) is 6.61 Å². The van der Waals surface area contributed by atoms with E-state index < -0.39 is 5.41 Å². The van der Waals surface area contributed by atoms with Gasteiger partial charge in [0.1, 0.15) is 0 Å². The number of nitrogens with one attached hydrogen (secondary N) is 1. The van der Waals surface area contributed by atoms with E-state index in [4.69, 9.17) is 23.2 Å². The van der Waals surface area contributed by atoms with E-state index in [0.29, 0.717) is 35.8 Å². The first-order chi connectivity index (χ1) is 11.1.